The van der Waals surface area contributed by atoms with Gasteiger partial charge in [-0.15, -0.1) is 5.10 Å². The summed E-state index contributed by atoms with van der Waals surface area (Å²) in [4.78, 5) is 17.1. The Morgan fingerprint density at radius 3 is 2.50 bits per heavy atom. The Labute approximate surface area is 199 Å². The van der Waals surface area contributed by atoms with Gasteiger partial charge in [-0.1, -0.05) is 0 Å². The van der Waals surface area contributed by atoms with Gasteiger partial charge in [-0.05, 0) is 70.7 Å². The lowest BCUT2D eigenvalue weighted by atomic mass is 9.93. The average Bonchev–Trinajstić information content (AvgIpc) is 3.44. The van der Waals surface area contributed by atoms with Gasteiger partial charge in [0.05, 0.1) is 5.69 Å². The lowest BCUT2D eigenvalue weighted by Gasteiger charge is -2.36. The third-order valence-electron chi connectivity index (χ3n) is 7.57. The minimum absolute atomic E-state index is 0.290. The largest absolute Gasteiger partial charge is 0.371 e. The fourth-order valence-electron chi connectivity index (χ4n) is 6.16. The molecule has 2 bridgehead atoms. The van der Waals surface area contributed by atoms with Gasteiger partial charge in [-0.2, -0.15) is 4.98 Å². The summed E-state index contributed by atoms with van der Waals surface area (Å²) in [6, 6.07) is 6.90. The number of aryl methyl sites for hydroxylation is 1. The molecule has 2 atom stereocenters. The van der Waals surface area contributed by atoms with Gasteiger partial charge in [0.25, 0.3) is 0 Å². The molecule has 2 unspecified atom stereocenters. The van der Waals surface area contributed by atoms with Crippen molar-refractivity contribution in [2.45, 2.75) is 45.7 Å². The lowest BCUT2D eigenvalue weighted by Crippen LogP contribution is -2.46. The molecular formula is C25H33N9. The molecule has 6 rings (SSSR count). The summed E-state index contributed by atoms with van der Waals surface area (Å²) in [5.74, 6) is 3.78. The first-order chi connectivity index (χ1) is 16.4. The number of anilines is 2. The first kappa shape index (κ1) is 21.3. The van der Waals surface area contributed by atoms with Crippen molar-refractivity contribution in [2.24, 2.45) is 11.8 Å². The highest BCUT2D eigenvalue weighted by Gasteiger charge is 2.41. The molecule has 0 radical (unpaired) electrons. The van der Waals surface area contributed by atoms with Gasteiger partial charge in [-0.25, -0.2) is 14.5 Å². The highest BCUT2D eigenvalue weighted by Crippen LogP contribution is 2.38. The number of hydrogen-bond acceptors (Lipinski definition) is 7. The second-order valence-electron chi connectivity index (χ2n) is 10.2. The predicted molar refractivity (Wildman–Crippen MR) is 135 cm³/mol. The number of hydrogen-bond donors (Lipinski definition) is 2. The second-order valence-corrected chi connectivity index (χ2v) is 10.2. The van der Waals surface area contributed by atoms with E-state index in [-0.39, 0.29) is 0 Å². The van der Waals surface area contributed by atoms with Gasteiger partial charge in [0.1, 0.15) is 16.9 Å². The first-order valence-electron chi connectivity index (χ1n) is 12.3. The number of likely N-dealkylation sites (tertiary alicyclic amines) is 1. The van der Waals surface area contributed by atoms with E-state index in [4.69, 9.17) is 15.1 Å². The first-order valence-corrected chi connectivity index (χ1v) is 12.3. The SMILES string of the molecule is CNc1nc(NC2C3CCC2CN(C)C3)nn2ccc(-c3ccc4nc(C)n(C(C)C)c4n3)c12. The van der Waals surface area contributed by atoms with Crippen LogP contribution in [0, 0.1) is 18.8 Å². The maximum Gasteiger partial charge on any atom is 0.243 e. The van der Waals surface area contributed by atoms with E-state index in [1.807, 2.05) is 30.8 Å². The number of pyridine rings is 1. The van der Waals surface area contributed by atoms with E-state index in [2.05, 4.69) is 58.1 Å². The van der Waals surface area contributed by atoms with Crippen LogP contribution in [0.3, 0.4) is 0 Å². The standard InChI is InChI=1S/C25H33N9/c1-14(2)34-15(3)27-20-9-8-19(28-24(20)34)18-10-11-33-22(18)23(26-4)30-25(31-33)29-21-16-6-7-17(21)13-32(5)12-16/h8-11,14,16-17,21H,6-7,12-13H2,1-5H3,(H2,26,29,30,31). The molecule has 1 saturated carbocycles. The summed E-state index contributed by atoms with van der Waals surface area (Å²) in [5.41, 5.74) is 4.66. The van der Waals surface area contributed by atoms with Crippen LogP contribution >= 0.6 is 0 Å². The normalized spacial score (nSPS) is 22.8. The second kappa shape index (κ2) is 7.94. The van der Waals surface area contributed by atoms with Crippen molar-refractivity contribution in [3.8, 4) is 11.3 Å². The Bertz CT molecular complexity index is 1350. The highest BCUT2D eigenvalue weighted by molar-refractivity contribution is 5.89. The van der Waals surface area contributed by atoms with Crippen molar-refractivity contribution in [3.05, 3.63) is 30.2 Å². The maximum absolute atomic E-state index is 5.02. The Morgan fingerprint density at radius 2 is 1.79 bits per heavy atom. The fourth-order valence-corrected chi connectivity index (χ4v) is 6.16. The molecule has 0 spiro atoms. The monoisotopic (exact) mass is 459 g/mol. The molecule has 9 heteroatoms. The Hall–Kier alpha value is -3.20. The molecule has 2 aliphatic rings. The van der Waals surface area contributed by atoms with Crippen LogP contribution in [0.4, 0.5) is 11.8 Å². The third-order valence-corrected chi connectivity index (χ3v) is 7.57. The van der Waals surface area contributed by atoms with Gasteiger partial charge < -0.3 is 20.1 Å². The van der Waals surface area contributed by atoms with Crippen LogP contribution in [0.5, 0.6) is 0 Å². The molecular weight excluding hydrogens is 426 g/mol. The van der Waals surface area contributed by atoms with E-state index >= 15 is 0 Å². The van der Waals surface area contributed by atoms with Gasteiger partial charge >= 0.3 is 0 Å². The Balaban J connectivity index is 1.39. The van der Waals surface area contributed by atoms with E-state index in [1.165, 1.54) is 12.8 Å². The minimum atomic E-state index is 0.290. The van der Waals surface area contributed by atoms with Crippen LogP contribution in [0.25, 0.3) is 27.9 Å². The summed E-state index contributed by atoms with van der Waals surface area (Å²) in [6.07, 6.45) is 4.56. The highest BCUT2D eigenvalue weighted by atomic mass is 15.3. The summed E-state index contributed by atoms with van der Waals surface area (Å²) in [7, 11) is 4.14. The van der Waals surface area contributed by atoms with Gasteiger partial charge in [0.15, 0.2) is 11.5 Å². The number of nitrogens with one attached hydrogen (secondary N) is 2. The molecule has 34 heavy (non-hydrogen) atoms. The zero-order chi connectivity index (χ0) is 23.6. The lowest BCUT2D eigenvalue weighted by molar-refractivity contribution is 0.186. The molecule has 0 amide bonds. The topological polar surface area (TPSA) is 88.2 Å². The van der Waals surface area contributed by atoms with Crippen molar-refractivity contribution >= 4 is 28.4 Å². The van der Waals surface area contributed by atoms with Crippen molar-refractivity contribution in [3.63, 3.8) is 0 Å². The molecule has 1 saturated heterocycles. The van der Waals surface area contributed by atoms with Crippen LogP contribution in [-0.4, -0.2) is 67.3 Å². The number of aromatic nitrogens is 6. The minimum Gasteiger partial charge on any atom is -0.371 e. The zero-order valence-electron chi connectivity index (χ0n) is 20.6. The fraction of sp³-hybridized carbons (Fsp3) is 0.520. The molecule has 178 valence electrons. The van der Waals surface area contributed by atoms with Crippen molar-refractivity contribution in [1.29, 1.82) is 0 Å². The van der Waals surface area contributed by atoms with E-state index in [0.717, 1.165) is 52.7 Å². The van der Waals surface area contributed by atoms with E-state index in [9.17, 15) is 0 Å². The smallest absolute Gasteiger partial charge is 0.243 e. The quantitative estimate of drug-likeness (QED) is 0.469. The summed E-state index contributed by atoms with van der Waals surface area (Å²) < 4.78 is 4.11. The van der Waals surface area contributed by atoms with E-state index < -0.39 is 0 Å². The number of fused-ring (bicyclic) bond motifs is 4. The van der Waals surface area contributed by atoms with Gasteiger partial charge in [-0.3, -0.25) is 0 Å². The Morgan fingerprint density at radius 1 is 1.03 bits per heavy atom. The van der Waals surface area contributed by atoms with Crippen molar-refractivity contribution in [2.75, 3.05) is 37.8 Å². The molecule has 4 aromatic rings. The van der Waals surface area contributed by atoms with Crippen LogP contribution in [0.1, 0.15) is 38.6 Å². The van der Waals surface area contributed by atoms with Gasteiger partial charge in [0.2, 0.25) is 5.95 Å². The van der Waals surface area contributed by atoms with Crippen LogP contribution in [0.15, 0.2) is 24.4 Å². The summed E-state index contributed by atoms with van der Waals surface area (Å²) in [5, 5.41) is 11.8. The van der Waals surface area contributed by atoms with Crippen LogP contribution in [-0.2, 0) is 0 Å². The zero-order valence-corrected chi connectivity index (χ0v) is 20.6. The van der Waals surface area contributed by atoms with E-state index in [0.29, 0.717) is 29.9 Å². The summed E-state index contributed by atoms with van der Waals surface area (Å²) >= 11 is 0. The number of rotatable bonds is 5. The average molecular weight is 460 g/mol. The number of piperidine rings is 1. The molecule has 1 aliphatic carbocycles. The molecule has 0 aromatic carbocycles. The molecule has 1 aliphatic heterocycles. The van der Waals surface area contributed by atoms with Crippen LogP contribution in [0.2, 0.25) is 0 Å². The molecule has 5 heterocycles. The summed E-state index contributed by atoms with van der Waals surface area (Å²) in [6.45, 7) is 8.64. The maximum atomic E-state index is 5.02. The molecule has 2 N–H and O–H groups in total. The predicted octanol–water partition coefficient (Wildman–Crippen LogP) is 3.82. The molecule has 4 aromatic heterocycles. The van der Waals surface area contributed by atoms with E-state index in [1.54, 1.807) is 0 Å². The molecule has 2 fully saturated rings. The Kier molecular flexibility index (Phi) is 4.98. The van der Waals surface area contributed by atoms with Crippen molar-refractivity contribution in [1.82, 2.24) is 34.0 Å². The number of nitrogens with zero attached hydrogens (tertiary/aromatic N) is 7. The van der Waals surface area contributed by atoms with Crippen molar-refractivity contribution < 1.29 is 0 Å². The van der Waals surface area contributed by atoms with Crippen LogP contribution < -0.4 is 10.6 Å². The third kappa shape index (κ3) is 3.33. The number of imidazole rings is 1. The molecule has 9 nitrogen and oxygen atoms in total. The van der Waals surface area contributed by atoms with Gasteiger partial charge in [0, 0.05) is 44.0 Å².